The molecule has 0 bridgehead atoms. The van der Waals surface area contributed by atoms with Crippen LogP contribution in [0.2, 0.25) is 0 Å². The number of fused-ring (bicyclic) bond motifs is 5. The maximum atomic E-state index is 10.8. The molecule has 25 heavy (non-hydrogen) atoms. The van der Waals surface area contributed by atoms with E-state index in [-0.39, 0.29) is 17.6 Å². The first-order valence-electron chi connectivity index (χ1n) is 9.77. The molecule has 0 radical (unpaired) electrons. The molecule has 4 rings (SSSR count). The summed E-state index contributed by atoms with van der Waals surface area (Å²) in [5.74, 6) is 2.20. The van der Waals surface area contributed by atoms with Crippen molar-refractivity contribution in [1.82, 2.24) is 5.32 Å². The average Bonchev–Trinajstić information content (AvgIpc) is 2.85. The summed E-state index contributed by atoms with van der Waals surface area (Å²) in [6.45, 7) is 3.88. The smallest absolute Gasteiger partial charge is 0.115 e. The minimum Gasteiger partial charge on any atom is -0.508 e. The minimum atomic E-state index is -0.258. The van der Waals surface area contributed by atoms with Crippen molar-refractivity contribution in [2.45, 2.75) is 57.1 Å². The first kappa shape index (κ1) is 17.3. The van der Waals surface area contributed by atoms with E-state index in [0.717, 1.165) is 25.8 Å². The average molecular weight is 345 g/mol. The number of phenols is 1. The molecule has 138 valence electrons. The summed E-state index contributed by atoms with van der Waals surface area (Å²) < 4.78 is 5.18. The number of phenolic OH excluding ortho intramolecular Hbond substituents is 1. The highest BCUT2D eigenvalue weighted by atomic mass is 16.5. The second kappa shape index (κ2) is 6.57. The van der Waals surface area contributed by atoms with Crippen molar-refractivity contribution in [2.24, 2.45) is 17.3 Å². The molecule has 0 aliphatic heterocycles. The van der Waals surface area contributed by atoms with Crippen molar-refractivity contribution in [2.75, 3.05) is 20.3 Å². The summed E-state index contributed by atoms with van der Waals surface area (Å²) in [5, 5.41) is 24.2. The Labute approximate surface area is 150 Å². The Hall–Kier alpha value is -1.10. The molecule has 2 fully saturated rings. The van der Waals surface area contributed by atoms with Crippen LogP contribution in [-0.2, 0) is 11.2 Å². The van der Waals surface area contributed by atoms with Gasteiger partial charge >= 0.3 is 0 Å². The van der Waals surface area contributed by atoms with Gasteiger partial charge < -0.3 is 20.3 Å². The van der Waals surface area contributed by atoms with Crippen molar-refractivity contribution >= 4 is 0 Å². The van der Waals surface area contributed by atoms with E-state index in [4.69, 9.17) is 4.74 Å². The van der Waals surface area contributed by atoms with Crippen LogP contribution in [0.15, 0.2) is 18.2 Å². The first-order valence-corrected chi connectivity index (χ1v) is 9.77. The Kier molecular flexibility index (Phi) is 4.55. The van der Waals surface area contributed by atoms with Gasteiger partial charge in [0.15, 0.2) is 0 Å². The van der Waals surface area contributed by atoms with E-state index in [1.54, 1.807) is 7.11 Å². The summed E-state index contributed by atoms with van der Waals surface area (Å²) in [6.07, 6.45) is 5.22. The lowest BCUT2D eigenvalue weighted by Gasteiger charge is -2.51. The number of hydrogen-bond acceptors (Lipinski definition) is 4. The van der Waals surface area contributed by atoms with Crippen LogP contribution in [0.3, 0.4) is 0 Å². The predicted molar refractivity (Wildman–Crippen MR) is 97.8 cm³/mol. The molecule has 3 aliphatic rings. The number of rotatable bonds is 4. The summed E-state index contributed by atoms with van der Waals surface area (Å²) in [5.41, 5.74) is 2.95. The summed E-state index contributed by atoms with van der Waals surface area (Å²) >= 11 is 0. The standard InChI is InChI=1S/C21H31NO3/c1-21-8-7-16-15-6-4-14(23)11-13(15)3-5-17(16)18(21)12-19(24)20(21)22-9-10-25-2/h4,6,11,16-20,22-24H,3,5,7-10,12H2,1-2H3/t16-,17-,18+,19+,20+,21+/m1/s1. The van der Waals surface area contributed by atoms with Crippen LogP contribution < -0.4 is 5.32 Å². The molecule has 4 heteroatoms. The molecule has 0 saturated heterocycles. The third-order valence-corrected chi connectivity index (χ3v) is 7.41. The minimum absolute atomic E-state index is 0.169. The molecule has 0 heterocycles. The molecule has 4 nitrogen and oxygen atoms in total. The van der Waals surface area contributed by atoms with Crippen molar-refractivity contribution < 1.29 is 14.9 Å². The molecule has 3 aliphatic carbocycles. The van der Waals surface area contributed by atoms with Gasteiger partial charge in [0, 0.05) is 19.7 Å². The monoisotopic (exact) mass is 345 g/mol. The Bertz CT molecular complexity index is 634. The van der Waals surface area contributed by atoms with Gasteiger partial charge in [0.1, 0.15) is 5.75 Å². The molecular formula is C21H31NO3. The number of aryl methyl sites for hydroxylation is 1. The van der Waals surface area contributed by atoms with E-state index >= 15 is 0 Å². The zero-order valence-corrected chi connectivity index (χ0v) is 15.4. The summed E-state index contributed by atoms with van der Waals surface area (Å²) in [7, 11) is 1.72. The molecule has 6 atom stereocenters. The highest BCUT2D eigenvalue weighted by Crippen LogP contribution is 2.60. The molecule has 2 saturated carbocycles. The molecular weight excluding hydrogens is 314 g/mol. The van der Waals surface area contributed by atoms with E-state index in [1.807, 2.05) is 12.1 Å². The van der Waals surface area contributed by atoms with Crippen molar-refractivity contribution in [1.29, 1.82) is 0 Å². The predicted octanol–water partition coefficient (Wildman–Crippen LogP) is 2.82. The molecule has 1 aromatic carbocycles. The molecule has 0 spiro atoms. The van der Waals surface area contributed by atoms with Crippen molar-refractivity contribution in [3.63, 3.8) is 0 Å². The van der Waals surface area contributed by atoms with Gasteiger partial charge in [0.2, 0.25) is 0 Å². The Morgan fingerprint density at radius 3 is 2.96 bits per heavy atom. The Morgan fingerprint density at radius 1 is 1.32 bits per heavy atom. The fourth-order valence-electron chi connectivity index (χ4n) is 6.27. The second-order valence-corrected chi connectivity index (χ2v) is 8.57. The van der Waals surface area contributed by atoms with Crippen LogP contribution in [0, 0.1) is 17.3 Å². The van der Waals surface area contributed by atoms with Gasteiger partial charge in [0.05, 0.1) is 12.7 Å². The number of ether oxygens (including phenoxy) is 1. The highest BCUT2D eigenvalue weighted by Gasteiger charge is 2.57. The lowest BCUT2D eigenvalue weighted by molar-refractivity contribution is 0.0335. The number of benzene rings is 1. The van der Waals surface area contributed by atoms with Gasteiger partial charge in [-0.15, -0.1) is 0 Å². The number of aliphatic hydroxyl groups excluding tert-OH is 1. The number of aliphatic hydroxyl groups is 1. The largest absolute Gasteiger partial charge is 0.508 e. The summed E-state index contributed by atoms with van der Waals surface area (Å²) in [6, 6.07) is 6.12. The fraction of sp³-hybridized carbons (Fsp3) is 0.714. The zero-order valence-electron chi connectivity index (χ0n) is 15.4. The van der Waals surface area contributed by atoms with Gasteiger partial charge in [-0.3, -0.25) is 0 Å². The fourth-order valence-corrected chi connectivity index (χ4v) is 6.27. The number of methoxy groups -OCH3 is 1. The van der Waals surface area contributed by atoms with Gasteiger partial charge in [-0.1, -0.05) is 13.0 Å². The number of hydrogen-bond donors (Lipinski definition) is 3. The molecule has 0 amide bonds. The quantitative estimate of drug-likeness (QED) is 0.735. The van der Waals surface area contributed by atoms with Gasteiger partial charge in [-0.25, -0.2) is 0 Å². The Morgan fingerprint density at radius 2 is 2.16 bits per heavy atom. The van der Waals surface area contributed by atoms with Crippen LogP contribution >= 0.6 is 0 Å². The topological polar surface area (TPSA) is 61.7 Å². The van der Waals surface area contributed by atoms with Crippen LogP contribution in [0.1, 0.15) is 49.7 Å². The zero-order chi connectivity index (χ0) is 17.6. The van der Waals surface area contributed by atoms with Gasteiger partial charge in [-0.05, 0) is 78.5 Å². The van der Waals surface area contributed by atoms with Crippen LogP contribution in [0.4, 0.5) is 0 Å². The third kappa shape index (κ3) is 2.79. The van der Waals surface area contributed by atoms with Crippen LogP contribution in [0.25, 0.3) is 0 Å². The maximum absolute atomic E-state index is 10.8. The normalized spacial score (nSPS) is 39.6. The highest BCUT2D eigenvalue weighted by molar-refractivity contribution is 5.40. The molecule has 0 aromatic heterocycles. The third-order valence-electron chi connectivity index (χ3n) is 7.41. The van der Waals surface area contributed by atoms with E-state index in [2.05, 4.69) is 18.3 Å². The molecule has 0 unspecified atom stereocenters. The van der Waals surface area contributed by atoms with E-state index < -0.39 is 0 Å². The molecule has 3 N–H and O–H groups in total. The number of aromatic hydroxyl groups is 1. The van der Waals surface area contributed by atoms with Crippen LogP contribution in [-0.4, -0.2) is 42.6 Å². The first-order chi connectivity index (χ1) is 12.0. The van der Waals surface area contributed by atoms with Crippen LogP contribution in [0.5, 0.6) is 5.75 Å². The van der Waals surface area contributed by atoms with Gasteiger partial charge in [0.25, 0.3) is 0 Å². The van der Waals surface area contributed by atoms with E-state index in [9.17, 15) is 10.2 Å². The summed E-state index contributed by atoms with van der Waals surface area (Å²) in [4.78, 5) is 0. The second-order valence-electron chi connectivity index (χ2n) is 8.57. The Balaban J connectivity index is 1.58. The molecule has 1 aromatic rings. The number of nitrogens with one attached hydrogen (secondary N) is 1. The maximum Gasteiger partial charge on any atom is 0.115 e. The van der Waals surface area contributed by atoms with E-state index in [1.165, 1.54) is 24.0 Å². The lowest BCUT2D eigenvalue weighted by atomic mass is 9.55. The van der Waals surface area contributed by atoms with Crippen molar-refractivity contribution in [3.05, 3.63) is 29.3 Å². The van der Waals surface area contributed by atoms with Crippen molar-refractivity contribution in [3.8, 4) is 5.75 Å². The van der Waals surface area contributed by atoms with E-state index in [0.29, 0.717) is 30.1 Å². The SMILES string of the molecule is COCCN[C@H]1[C@@H](O)C[C@H]2[C@@H]3CCc4cc(O)ccc4[C@H]3CC[C@@]21C. The lowest BCUT2D eigenvalue weighted by Crippen LogP contribution is -2.51. The van der Waals surface area contributed by atoms with Gasteiger partial charge in [-0.2, -0.15) is 0 Å².